The Labute approximate surface area is 131 Å². The normalized spacial score (nSPS) is 19.8. The zero-order valence-corrected chi connectivity index (χ0v) is 14.4. The second-order valence-electron chi connectivity index (χ2n) is 5.26. The van der Waals surface area contributed by atoms with Gasteiger partial charge in [-0.15, -0.1) is 0 Å². The van der Waals surface area contributed by atoms with E-state index in [-0.39, 0.29) is 0 Å². The fraction of sp³-hybridized carbons (Fsp3) is 0.643. The lowest BCUT2D eigenvalue weighted by atomic mass is 10.2. The molecule has 1 aromatic rings. The molecule has 1 fully saturated rings. The van der Waals surface area contributed by atoms with E-state index in [2.05, 4.69) is 23.3 Å². The molecule has 0 amide bonds. The van der Waals surface area contributed by atoms with E-state index in [0.717, 1.165) is 42.3 Å². The standard InChI is InChI=1S/C14H23N3O2S2/c1-4-12-7-11(9-15-2)8-13(16-12)17-5-6-20-10-14(17)21(3,18)19/h7-8,14-15H,4-6,9-10H2,1-3H3. The quantitative estimate of drug-likeness (QED) is 0.878. The van der Waals surface area contributed by atoms with Gasteiger partial charge in [-0.05, 0) is 31.2 Å². The first-order chi connectivity index (χ1) is 9.95. The summed E-state index contributed by atoms with van der Waals surface area (Å²) in [6.07, 6.45) is 2.16. The van der Waals surface area contributed by atoms with Gasteiger partial charge in [0.15, 0.2) is 9.84 Å². The Morgan fingerprint density at radius 2 is 2.24 bits per heavy atom. The highest BCUT2D eigenvalue weighted by Crippen LogP contribution is 2.26. The average molecular weight is 329 g/mol. The highest BCUT2D eigenvalue weighted by atomic mass is 32.2. The zero-order valence-electron chi connectivity index (χ0n) is 12.8. The van der Waals surface area contributed by atoms with Gasteiger partial charge in [-0.2, -0.15) is 11.8 Å². The molecule has 1 N–H and O–H groups in total. The number of anilines is 1. The molecule has 0 saturated carbocycles. The van der Waals surface area contributed by atoms with Crippen LogP contribution in [0.5, 0.6) is 0 Å². The van der Waals surface area contributed by atoms with E-state index in [1.165, 1.54) is 6.26 Å². The number of rotatable bonds is 5. The number of pyridine rings is 1. The lowest BCUT2D eigenvalue weighted by Crippen LogP contribution is -2.47. The molecule has 1 atom stereocenters. The molecule has 0 aliphatic carbocycles. The van der Waals surface area contributed by atoms with Gasteiger partial charge in [-0.1, -0.05) is 6.92 Å². The molecule has 1 aromatic heterocycles. The second kappa shape index (κ2) is 6.98. The van der Waals surface area contributed by atoms with Gasteiger partial charge in [-0.3, -0.25) is 0 Å². The number of thioether (sulfide) groups is 1. The maximum Gasteiger partial charge on any atom is 0.169 e. The third kappa shape index (κ3) is 4.11. The van der Waals surface area contributed by atoms with Crippen LogP contribution >= 0.6 is 11.8 Å². The van der Waals surface area contributed by atoms with Crippen molar-refractivity contribution >= 4 is 27.4 Å². The van der Waals surface area contributed by atoms with Crippen molar-refractivity contribution in [3.05, 3.63) is 23.4 Å². The monoisotopic (exact) mass is 329 g/mol. The van der Waals surface area contributed by atoms with E-state index in [9.17, 15) is 8.42 Å². The first kappa shape index (κ1) is 16.6. The van der Waals surface area contributed by atoms with Gasteiger partial charge in [0.25, 0.3) is 0 Å². The third-order valence-corrected chi connectivity index (χ3v) is 6.18. The van der Waals surface area contributed by atoms with Crippen molar-refractivity contribution in [1.29, 1.82) is 0 Å². The van der Waals surface area contributed by atoms with E-state index >= 15 is 0 Å². The largest absolute Gasteiger partial charge is 0.338 e. The van der Waals surface area contributed by atoms with Crippen LogP contribution in [0.4, 0.5) is 5.82 Å². The molecule has 5 nitrogen and oxygen atoms in total. The number of hydrogen-bond acceptors (Lipinski definition) is 6. The highest BCUT2D eigenvalue weighted by molar-refractivity contribution is 8.01. The second-order valence-corrected chi connectivity index (χ2v) is 8.61. The fourth-order valence-electron chi connectivity index (χ4n) is 2.47. The molecule has 1 unspecified atom stereocenters. The van der Waals surface area contributed by atoms with E-state index in [1.807, 2.05) is 18.0 Å². The first-order valence-corrected chi connectivity index (χ1v) is 10.2. The molecule has 2 heterocycles. The minimum atomic E-state index is -3.12. The third-order valence-electron chi connectivity index (χ3n) is 3.54. The number of nitrogens with one attached hydrogen (secondary N) is 1. The Morgan fingerprint density at radius 1 is 1.48 bits per heavy atom. The SMILES string of the molecule is CCc1cc(CNC)cc(N2CCSCC2S(C)(=O)=O)n1. The molecule has 0 aromatic carbocycles. The van der Waals surface area contributed by atoms with Gasteiger partial charge in [-0.25, -0.2) is 13.4 Å². The minimum Gasteiger partial charge on any atom is -0.338 e. The molecule has 0 bridgehead atoms. The highest BCUT2D eigenvalue weighted by Gasteiger charge is 2.32. The molecule has 0 radical (unpaired) electrons. The first-order valence-electron chi connectivity index (χ1n) is 7.13. The minimum absolute atomic E-state index is 0.474. The van der Waals surface area contributed by atoms with E-state index < -0.39 is 15.2 Å². The number of sulfone groups is 1. The topological polar surface area (TPSA) is 62.3 Å². The number of aromatic nitrogens is 1. The maximum atomic E-state index is 12.0. The van der Waals surface area contributed by atoms with Crippen LogP contribution in [0, 0.1) is 0 Å². The summed E-state index contributed by atoms with van der Waals surface area (Å²) in [4.78, 5) is 6.59. The molecule has 1 aliphatic heterocycles. The Bertz CT molecular complexity index is 590. The molecular formula is C14H23N3O2S2. The van der Waals surface area contributed by atoms with Crippen LogP contribution in [0.15, 0.2) is 12.1 Å². The van der Waals surface area contributed by atoms with E-state index in [1.54, 1.807) is 11.8 Å². The molecular weight excluding hydrogens is 306 g/mol. The zero-order chi connectivity index (χ0) is 15.5. The van der Waals surface area contributed by atoms with Crippen molar-refractivity contribution in [2.45, 2.75) is 25.3 Å². The lowest BCUT2D eigenvalue weighted by molar-refractivity contribution is 0.583. The van der Waals surface area contributed by atoms with Crippen LogP contribution in [0.1, 0.15) is 18.2 Å². The van der Waals surface area contributed by atoms with E-state index in [0.29, 0.717) is 5.75 Å². The summed E-state index contributed by atoms with van der Waals surface area (Å²) in [5.74, 6) is 2.33. The van der Waals surface area contributed by atoms with Gasteiger partial charge < -0.3 is 10.2 Å². The van der Waals surface area contributed by atoms with Crippen LogP contribution in [0.25, 0.3) is 0 Å². The summed E-state index contributed by atoms with van der Waals surface area (Å²) in [5, 5.41) is 2.66. The fourth-order valence-corrected chi connectivity index (χ4v) is 5.29. The Balaban J connectivity index is 2.40. The van der Waals surface area contributed by atoms with Crippen molar-refractivity contribution in [2.75, 3.05) is 36.3 Å². The predicted octanol–water partition coefficient (Wildman–Crippen LogP) is 1.29. The summed E-state index contributed by atoms with van der Waals surface area (Å²) in [6.45, 7) is 3.55. The molecule has 7 heteroatoms. The van der Waals surface area contributed by atoms with Gasteiger partial charge >= 0.3 is 0 Å². The van der Waals surface area contributed by atoms with Crippen molar-refractivity contribution in [1.82, 2.24) is 10.3 Å². The van der Waals surface area contributed by atoms with Crippen LogP contribution < -0.4 is 10.2 Å². The maximum absolute atomic E-state index is 12.0. The smallest absolute Gasteiger partial charge is 0.169 e. The summed E-state index contributed by atoms with van der Waals surface area (Å²) >= 11 is 1.69. The van der Waals surface area contributed by atoms with Gasteiger partial charge in [0.1, 0.15) is 11.2 Å². The number of hydrogen-bond donors (Lipinski definition) is 1. The van der Waals surface area contributed by atoms with Crippen molar-refractivity contribution in [2.24, 2.45) is 0 Å². The molecule has 118 valence electrons. The van der Waals surface area contributed by atoms with Gasteiger partial charge in [0, 0.05) is 36.5 Å². The molecule has 1 saturated heterocycles. The summed E-state index contributed by atoms with van der Waals surface area (Å²) in [5.41, 5.74) is 2.15. The average Bonchev–Trinajstić information content (AvgIpc) is 2.46. The van der Waals surface area contributed by atoms with Crippen LogP contribution in [0.2, 0.25) is 0 Å². The molecule has 2 rings (SSSR count). The summed E-state index contributed by atoms with van der Waals surface area (Å²) in [6, 6.07) is 4.08. The lowest BCUT2D eigenvalue weighted by Gasteiger charge is -2.35. The van der Waals surface area contributed by atoms with Crippen LogP contribution in [-0.2, 0) is 22.8 Å². The number of nitrogens with zero attached hydrogens (tertiary/aromatic N) is 2. The molecule has 0 spiro atoms. The van der Waals surface area contributed by atoms with Gasteiger partial charge in [0.05, 0.1) is 0 Å². The van der Waals surface area contributed by atoms with Crippen molar-refractivity contribution in [3.63, 3.8) is 0 Å². The summed E-state index contributed by atoms with van der Waals surface area (Å²) < 4.78 is 24.1. The molecule has 1 aliphatic rings. The van der Waals surface area contributed by atoms with E-state index in [4.69, 9.17) is 0 Å². The van der Waals surface area contributed by atoms with Crippen LogP contribution in [-0.4, -0.2) is 50.1 Å². The van der Waals surface area contributed by atoms with Crippen molar-refractivity contribution in [3.8, 4) is 0 Å². The summed E-state index contributed by atoms with van der Waals surface area (Å²) in [7, 11) is -1.21. The Kier molecular flexibility index (Phi) is 5.51. The van der Waals surface area contributed by atoms with Crippen LogP contribution in [0.3, 0.4) is 0 Å². The van der Waals surface area contributed by atoms with Crippen molar-refractivity contribution < 1.29 is 8.42 Å². The Hall–Kier alpha value is -0.790. The number of aryl methyl sites for hydroxylation is 1. The Morgan fingerprint density at radius 3 is 2.86 bits per heavy atom. The van der Waals surface area contributed by atoms with Gasteiger partial charge in [0.2, 0.25) is 0 Å². The predicted molar refractivity (Wildman–Crippen MR) is 89.7 cm³/mol. The molecule has 21 heavy (non-hydrogen) atoms.